The van der Waals surface area contributed by atoms with Gasteiger partial charge in [0.1, 0.15) is 10.8 Å². The van der Waals surface area contributed by atoms with Gasteiger partial charge in [0.05, 0.1) is 10.4 Å². The van der Waals surface area contributed by atoms with Crippen molar-refractivity contribution in [1.29, 1.82) is 0 Å². The molecule has 0 saturated heterocycles. The van der Waals surface area contributed by atoms with Crippen LogP contribution in [0.5, 0.6) is 0 Å². The molecule has 0 fully saturated rings. The number of halogens is 1. The highest BCUT2D eigenvalue weighted by atomic mass is 32.2. The van der Waals surface area contributed by atoms with Gasteiger partial charge < -0.3 is 0 Å². The van der Waals surface area contributed by atoms with Gasteiger partial charge in [-0.15, -0.1) is 11.3 Å². The molecule has 7 heteroatoms. The minimum Gasteiger partial charge on any atom is -0.248 e. The van der Waals surface area contributed by atoms with Crippen molar-refractivity contribution in [3.63, 3.8) is 0 Å². The molecule has 0 atom stereocenters. The third kappa shape index (κ3) is 3.30. The number of aromatic nitrogens is 1. The fourth-order valence-electron chi connectivity index (χ4n) is 2.28. The van der Waals surface area contributed by atoms with E-state index in [4.69, 9.17) is 0 Å². The number of benzene rings is 1. The van der Waals surface area contributed by atoms with E-state index in [0.29, 0.717) is 16.1 Å². The zero-order chi connectivity index (χ0) is 15.8. The largest absolute Gasteiger partial charge is 0.248 e. The molecule has 0 aliphatic rings. The lowest BCUT2D eigenvalue weighted by atomic mass is 10.1. The highest BCUT2D eigenvalue weighted by molar-refractivity contribution is 7.89. The Hall–Kier alpha value is -1.31. The van der Waals surface area contributed by atoms with E-state index < -0.39 is 21.4 Å². The first kappa shape index (κ1) is 16.1. The van der Waals surface area contributed by atoms with E-state index in [1.165, 1.54) is 23.5 Å². The number of hydrogen-bond donors (Lipinski definition) is 1. The van der Waals surface area contributed by atoms with Crippen molar-refractivity contribution in [1.82, 2.24) is 9.71 Å². The van der Waals surface area contributed by atoms with Crippen molar-refractivity contribution < 1.29 is 12.8 Å². The molecule has 2 rings (SSSR count). The number of rotatable bonds is 4. The molecule has 4 nitrogen and oxygen atoms in total. The Balaban J connectivity index is 2.45. The van der Waals surface area contributed by atoms with Gasteiger partial charge >= 0.3 is 0 Å². The van der Waals surface area contributed by atoms with Crippen LogP contribution in [0, 0.1) is 19.7 Å². The second-order valence-electron chi connectivity index (χ2n) is 5.44. The van der Waals surface area contributed by atoms with E-state index in [-0.39, 0.29) is 4.90 Å². The van der Waals surface area contributed by atoms with Crippen LogP contribution < -0.4 is 4.72 Å². The monoisotopic (exact) mass is 328 g/mol. The second kappa shape index (κ2) is 5.47. The number of nitrogens with one attached hydrogen (secondary N) is 1. The fourth-order valence-corrected chi connectivity index (χ4v) is 4.90. The van der Waals surface area contributed by atoms with Crippen molar-refractivity contribution in [3.05, 3.63) is 45.7 Å². The molecule has 0 aliphatic heterocycles. The van der Waals surface area contributed by atoms with Crippen LogP contribution in [0.25, 0.3) is 0 Å². The number of nitrogens with zero attached hydrogens (tertiary/aromatic N) is 1. The zero-order valence-electron chi connectivity index (χ0n) is 12.3. The Labute approximate surface area is 128 Å². The first-order valence-electron chi connectivity index (χ1n) is 6.34. The molecule has 0 unspecified atom stereocenters. The first-order chi connectivity index (χ1) is 9.63. The summed E-state index contributed by atoms with van der Waals surface area (Å²) in [5.74, 6) is -0.442. The van der Waals surface area contributed by atoms with Crippen molar-refractivity contribution in [2.24, 2.45) is 0 Å². The lowest BCUT2D eigenvalue weighted by Gasteiger charge is -2.24. The third-order valence-electron chi connectivity index (χ3n) is 3.05. The summed E-state index contributed by atoms with van der Waals surface area (Å²) in [6.45, 7) is 6.66. The molecular weight excluding hydrogens is 311 g/mol. The maximum Gasteiger partial charge on any atom is 0.241 e. The van der Waals surface area contributed by atoms with Gasteiger partial charge in [-0.1, -0.05) is 0 Å². The average Bonchev–Trinajstić information content (AvgIpc) is 2.78. The van der Waals surface area contributed by atoms with Gasteiger partial charge in [-0.3, -0.25) is 0 Å². The molecule has 0 saturated carbocycles. The number of thiazole rings is 1. The van der Waals surface area contributed by atoms with Crippen LogP contribution >= 0.6 is 11.3 Å². The molecule has 1 aromatic carbocycles. The second-order valence-corrected chi connectivity index (χ2v) is 7.95. The molecule has 1 N–H and O–H groups in total. The molecule has 2 aromatic rings. The Morgan fingerprint density at radius 3 is 2.29 bits per heavy atom. The van der Waals surface area contributed by atoms with E-state index in [9.17, 15) is 12.8 Å². The van der Waals surface area contributed by atoms with Crippen LogP contribution in [0.15, 0.2) is 28.6 Å². The molecule has 0 spiro atoms. The van der Waals surface area contributed by atoms with Crippen LogP contribution in [0.3, 0.4) is 0 Å². The van der Waals surface area contributed by atoms with Crippen molar-refractivity contribution >= 4 is 21.4 Å². The Morgan fingerprint density at radius 1 is 1.24 bits per heavy atom. The minimum atomic E-state index is -3.77. The van der Waals surface area contributed by atoms with Crippen LogP contribution in [-0.2, 0) is 15.6 Å². The molecule has 0 amide bonds. The summed E-state index contributed by atoms with van der Waals surface area (Å²) in [7, 11) is -3.77. The lowest BCUT2D eigenvalue weighted by molar-refractivity contribution is 0.469. The maximum absolute atomic E-state index is 13.3. The van der Waals surface area contributed by atoms with E-state index in [1.807, 2.05) is 0 Å². The molecule has 0 bridgehead atoms. The Bertz CT molecular complexity index is 730. The van der Waals surface area contributed by atoms with Gasteiger partial charge in [0.25, 0.3) is 0 Å². The van der Waals surface area contributed by atoms with E-state index in [0.717, 1.165) is 0 Å². The van der Waals surface area contributed by atoms with Gasteiger partial charge in [0.15, 0.2) is 0 Å². The Morgan fingerprint density at radius 2 is 1.81 bits per heavy atom. The van der Waals surface area contributed by atoms with E-state index in [1.54, 1.807) is 39.3 Å². The Kier molecular flexibility index (Phi) is 4.19. The van der Waals surface area contributed by atoms with Crippen molar-refractivity contribution in [3.8, 4) is 0 Å². The predicted molar refractivity (Wildman–Crippen MR) is 81.3 cm³/mol. The predicted octanol–water partition coefficient (Wildman–Crippen LogP) is 3.11. The van der Waals surface area contributed by atoms with Crippen LogP contribution in [-0.4, -0.2) is 13.4 Å². The van der Waals surface area contributed by atoms with Gasteiger partial charge in [0.2, 0.25) is 10.0 Å². The van der Waals surface area contributed by atoms with Gasteiger partial charge in [0, 0.05) is 11.6 Å². The van der Waals surface area contributed by atoms with Gasteiger partial charge in [-0.05, 0) is 51.0 Å². The topological polar surface area (TPSA) is 59.1 Å². The fraction of sp³-hybridized carbons (Fsp3) is 0.357. The van der Waals surface area contributed by atoms with Crippen LogP contribution in [0.1, 0.15) is 30.0 Å². The number of aryl methyl sites for hydroxylation is 2. The summed E-state index contributed by atoms with van der Waals surface area (Å²) in [6, 6.07) is 2.44. The SMILES string of the molecule is Cc1cc(F)cc(C)c1S(=O)(=O)NC(C)(C)c1nccs1. The minimum absolute atomic E-state index is 0.119. The molecule has 0 radical (unpaired) electrons. The molecular formula is C14H17FN2O2S2. The average molecular weight is 328 g/mol. The smallest absolute Gasteiger partial charge is 0.241 e. The molecule has 21 heavy (non-hydrogen) atoms. The molecule has 1 aromatic heterocycles. The summed E-state index contributed by atoms with van der Waals surface area (Å²) in [6.07, 6.45) is 1.63. The highest BCUT2D eigenvalue weighted by Gasteiger charge is 2.31. The number of sulfonamides is 1. The van der Waals surface area contributed by atoms with E-state index >= 15 is 0 Å². The normalized spacial score (nSPS) is 12.6. The standard InChI is InChI=1S/C14H17FN2O2S2/c1-9-7-11(15)8-10(2)12(9)21(18,19)17-14(3,4)13-16-5-6-20-13/h5-8,17H,1-4H3. The number of hydrogen-bond acceptors (Lipinski definition) is 4. The molecule has 1 heterocycles. The van der Waals surface area contributed by atoms with Gasteiger partial charge in [-0.2, -0.15) is 4.72 Å². The van der Waals surface area contributed by atoms with Crippen LogP contribution in [0.2, 0.25) is 0 Å². The summed E-state index contributed by atoms with van der Waals surface area (Å²) in [5.41, 5.74) is -0.0647. The lowest BCUT2D eigenvalue weighted by Crippen LogP contribution is -2.41. The van der Waals surface area contributed by atoms with Gasteiger partial charge in [-0.25, -0.2) is 17.8 Å². The highest BCUT2D eigenvalue weighted by Crippen LogP contribution is 2.27. The summed E-state index contributed by atoms with van der Waals surface area (Å²) >= 11 is 1.38. The van der Waals surface area contributed by atoms with Crippen molar-refractivity contribution in [2.75, 3.05) is 0 Å². The zero-order valence-corrected chi connectivity index (χ0v) is 13.9. The first-order valence-corrected chi connectivity index (χ1v) is 8.70. The maximum atomic E-state index is 13.3. The van der Waals surface area contributed by atoms with E-state index in [2.05, 4.69) is 9.71 Å². The summed E-state index contributed by atoms with van der Waals surface area (Å²) < 4.78 is 41.3. The van der Waals surface area contributed by atoms with Crippen molar-refractivity contribution in [2.45, 2.75) is 38.1 Å². The summed E-state index contributed by atoms with van der Waals surface area (Å²) in [4.78, 5) is 4.28. The summed E-state index contributed by atoms with van der Waals surface area (Å²) in [5, 5.41) is 2.46. The molecule has 0 aliphatic carbocycles. The molecule has 114 valence electrons. The third-order valence-corrected chi connectivity index (χ3v) is 6.11. The quantitative estimate of drug-likeness (QED) is 0.938. The van der Waals surface area contributed by atoms with Crippen LogP contribution in [0.4, 0.5) is 4.39 Å².